The first-order chi connectivity index (χ1) is 3.43. The van der Waals surface area contributed by atoms with Gasteiger partial charge < -0.3 is 4.74 Å². The zero-order chi connectivity index (χ0) is 5.11. The molecule has 2 heteroatoms. The molecule has 0 N–H and O–H groups in total. The quantitative estimate of drug-likeness (QED) is 0.438. The van der Waals surface area contributed by atoms with Crippen LogP contribution in [0.5, 0.6) is 0 Å². The Kier molecular flexibility index (Phi) is 1.42. The molecule has 0 radical (unpaired) electrons. The molecule has 0 spiro atoms. The van der Waals surface area contributed by atoms with Crippen molar-refractivity contribution in [2.45, 2.75) is 12.5 Å². The summed E-state index contributed by atoms with van der Waals surface area (Å²) < 4.78 is 5.01. The molecule has 40 valence electrons. The third-order valence-electron chi connectivity index (χ3n) is 1.16. The molecule has 0 aromatic heterocycles. The minimum Gasteiger partial charge on any atom is -0.379 e. The second-order valence-electron chi connectivity index (χ2n) is 1.70. The second-order valence-corrected chi connectivity index (χ2v) is 1.70. The third-order valence-corrected chi connectivity index (χ3v) is 1.16. The van der Waals surface area contributed by atoms with E-state index in [9.17, 15) is 0 Å². The van der Waals surface area contributed by atoms with Crippen LogP contribution >= 0.6 is 0 Å². The van der Waals surface area contributed by atoms with E-state index < -0.39 is 0 Å². The van der Waals surface area contributed by atoms with Crippen LogP contribution in [0.25, 0.3) is 0 Å². The van der Waals surface area contributed by atoms with Crippen LogP contribution in [0.3, 0.4) is 0 Å². The average molecular weight is 99.1 g/mol. The Hall–Kier alpha value is -0.370. The van der Waals surface area contributed by atoms with Gasteiger partial charge in [0.05, 0.1) is 12.6 Å². The van der Waals surface area contributed by atoms with Gasteiger partial charge in [0.15, 0.2) is 0 Å². The highest BCUT2D eigenvalue weighted by atomic mass is 16.5. The maximum absolute atomic E-state index is 5.01. The monoisotopic (exact) mass is 99.1 g/mol. The van der Waals surface area contributed by atoms with Gasteiger partial charge in [-0.05, 0) is 13.1 Å². The van der Waals surface area contributed by atoms with Crippen molar-refractivity contribution in [1.29, 1.82) is 0 Å². The van der Waals surface area contributed by atoms with E-state index in [4.69, 9.17) is 4.74 Å². The van der Waals surface area contributed by atoms with Gasteiger partial charge in [0.2, 0.25) is 0 Å². The molecule has 0 saturated carbocycles. The summed E-state index contributed by atoms with van der Waals surface area (Å²) in [7, 11) is 0. The molecule has 0 aromatic carbocycles. The molecule has 1 atom stereocenters. The van der Waals surface area contributed by atoms with Crippen LogP contribution in [0.1, 0.15) is 6.42 Å². The van der Waals surface area contributed by atoms with Gasteiger partial charge in [-0.3, -0.25) is 4.99 Å². The second kappa shape index (κ2) is 2.07. The Balaban J connectivity index is 2.26. The fourth-order valence-corrected chi connectivity index (χ4v) is 0.666. The van der Waals surface area contributed by atoms with Gasteiger partial charge in [-0.1, -0.05) is 0 Å². The van der Waals surface area contributed by atoms with Crippen molar-refractivity contribution < 1.29 is 4.74 Å². The molecule has 0 unspecified atom stereocenters. The zero-order valence-electron chi connectivity index (χ0n) is 4.26. The molecule has 1 rings (SSSR count). The molecule has 1 aliphatic heterocycles. The largest absolute Gasteiger partial charge is 0.379 e. The van der Waals surface area contributed by atoms with Crippen LogP contribution in [-0.4, -0.2) is 26.0 Å². The molecule has 0 aliphatic carbocycles. The molecule has 1 aliphatic rings. The summed E-state index contributed by atoms with van der Waals surface area (Å²) in [5.41, 5.74) is 0. The summed E-state index contributed by atoms with van der Waals surface area (Å²) in [4.78, 5) is 3.81. The molecule has 1 fully saturated rings. The molecule has 0 amide bonds. The van der Waals surface area contributed by atoms with Crippen LogP contribution in [0.15, 0.2) is 4.99 Å². The Labute approximate surface area is 43.2 Å². The van der Waals surface area contributed by atoms with E-state index in [0.29, 0.717) is 6.04 Å². The Morgan fingerprint density at radius 2 is 2.57 bits per heavy atom. The van der Waals surface area contributed by atoms with Crippen molar-refractivity contribution in [2.24, 2.45) is 4.99 Å². The molecule has 0 bridgehead atoms. The van der Waals surface area contributed by atoms with Gasteiger partial charge in [-0.25, -0.2) is 0 Å². The van der Waals surface area contributed by atoms with Gasteiger partial charge in [0, 0.05) is 6.61 Å². The van der Waals surface area contributed by atoms with E-state index >= 15 is 0 Å². The number of hydrogen-bond acceptors (Lipinski definition) is 2. The zero-order valence-corrected chi connectivity index (χ0v) is 4.26. The Morgan fingerprint density at radius 1 is 1.71 bits per heavy atom. The van der Waals surface area contributed by atoms with Gasteiger partial charge in [-0.2, -0.15) is 0 Å². The summed E-state index contributed by atoms with van der Waals surface area (Å²) in [6, 6.07) is 0.389. The van der Waals surface area contributed by atoms with Crippen LogP contribution < -0.4 is 0 Å². The summed E-state index contributed by atoms with van der Waals surface area (Å²) in [6.07, 6.45) is 1.06. The molecular formula is C5H9NO. The minimum atomic E-state index is 0.389. The molecule has 1 saturated heterocycles. The minimum absolute atomic E-state index is 0.389. The van der Waals surface area contributed by atoms with E-state index in [1.165, 1.54) is 0 Å². The lowest BCUT2D eigenvalue weighted by Crippen LogP contribution is -1.99. The summed E-state index contributed by atoms with van der Waals surface area (Å²) >= 11 is 0. The Morgan fingerprint density at radius 3 is 2.86 bits per heavy atom. The molecule has 1 heterocycles. The van der Waals surface area contributed by atoms with Crippen molar-refractivity contribution >= 4 is 6.72 Å². The lowest BCUT2D eigenvalue weighted by Gasteiger charge is -1.92. The number of hydrogen-bond donors (Lipinski definition) is 0. The highest BCUT2D eigenvalue weighted by Gasteiger charge is 2.11. The lowest BCUT2D eigenvalue weighted by atomic mass is 10.3. The SMILES string of the molecule is C=N[C@@H]1CCOC1. The fourth-order valence-electron chi connectivity index (χ4n) is 0.666. The first kappa shape index (κ1) is 4.78. The van der Waals surface area contributed by atoms with Gasteiger partial charge in [0.1, 0.15) is 0 Å². The summed E-state index contributed by atoms with van der Waals surface area (Å²) in [6.45, 7) is 5.06. The maximum atomic E-state index is 5.01. The highest BCUT2D eigenvalue weighted by Crippen LogP contribution is 2.05. The van der Waals surface area contributed by atoms with E-state index in [2.05, 4.69) is 11.7 Å². The van der Waals surface area contributed by atoms with Crippen LogP contribution in [0.2, 0.25) is 0 Å². The smallest absolute Gasteiger partial charge is 0.0747 e. The topological polar surface area (TPSA) is 21.6 Å². The van der Waals surface area contributed by atoms with Crippen molar-refractivity contribution in [2.75, 3.05) is 13.2 Å². The summed E-state index contributed by atoms with van der Waals surface area (Å²) in [5, 5.41) is 0. The number of aliphatic imine (C=N–C) groups is 1. The normalized spacial score (nSPS) is 30.6. The van der Waals surface area contributed by atoms with Gasteiger partial charge in [0.25, 0.3) is 0 Å². The maximum Gasteiger partial charge on any atom is 0.0747 e. The van der Waals surface area contributed by atoms with Crippen molar-refractivity contribution in [3.63, 3.8) is 0 Å². The number of nitrogens with zero attached hydrogens (tertiary/aromatic N) is 1. The first-order valence-corrected chi connectivity index (χ1v) is 2.47. The number of ether oxygens (including phenoxy) is 1. The van der Waals surface area contributed by atoms with Crippen LogP contribution in [-0.2, 0) is 4.74 Å². The van der Waals surface area contributed by atoms with Crippen molar-refractivity contribution in [3.05, 3.63) is 0 Å². The summed E-state index contributed by atoms with van der Waals surface area (Å²) in [5.74, 6) is 0. The lowest BCUT2D eigenvalue weighted by molar-refractivity contribution is 0.194. The van der Waals surface area contributed by atoms with E-state index in [1.807, 2.05) is 0 Å². The van der Waals surface area contributed by atoms with E-state index in [-0.39, 0.29) is 0 Å². The molecule has 0 aromatic rings. The van der Waals surface area contributed by atoms with E-state index in [0.717, 1.165) is 19.6 Å². The van der Waals surface area contributed by atoms with Gasteiger partial charge in [-0.15, -0.1) is 0 Å². The number of rotatable bonds is 1. The highest BCUT2D eigenvalue weighted by molar-refractivity contribution is 5.24. The van der Waals surface area contributed by atoms with Crippen molar-refractivity contribution in [1.82, 2.24) is 0 Å². The van der Waals surface area contributed by atoms with Crippen LogP contribution in [0, 0.1) is 0 Å². The predicted molar refractivity (Wildman–Crippen MR) is 28.8 cm³/mol. The van der Waals surface area contributed by atoms with Crippen LogP contribution in [0.4, 0.5) is 0 Å². The average Bonchev–Trinajstić information content (AvgIpc) is 2.14. The van der Waals surface area contributed by atoms with E-state index in [1.54, 1.807) is 0 Å². The third kappa shape index (κ3) is 0.996. The Bertz CT molecular complexity index is 66.5. The van der Waals surface area contributed by atoms with Gasteiger partial charge >= 0.3 is 0 Å². The first-order valence-electron chi connectivity index (χ1n) is 2.47. The fraction of sp³-hybridized carbons (Fsp3) is 0.800. The molecular weight excluding hydrogens is 90.1 g/mol. The standard InChI is InChI=1S/C5H9NO/c1-6-5-2-3-7-4-5/h5H,1-4H2/t5-/m1/s1. The molecule has 7 heavy (non-hydrogen) atoms. The molecule has 2 nitrogen and oxygen atoms in total. The predicted octanol–water partition coefficient (Wildman–Crippen LogP) is 0.476. The van der Waals surface area contributed by atoms with Crippen molar-refractivity contribution in [3.8, 4) is 0 Å².